The summed E-state index contributed by atoms with van der Waals surface area (Å²) in [7, 11) is 0. The van der Waals surface area contributed by atoms with E-state index in [0.29, 0.717) is 0 Å². The molecule has 1 saturated heterocycles. The van der Waals surface area contributed by atoms with Crippen molar-refractivity contribution in [1.29, 1.82) is 5.26 Å². The van der Waals surface area contributed by atoms with E-state index in [0.717, 1.165) is 0 Å². The highest BCUT2D eigenvalue weighted by molar-refractivity contribution is 4.91. The molecule has 1 aliphatic rings. The van der Waals surface area contributed by atoms with Gasteiger partial charge in [-0.1, -0.05) is 0 Å². The van der Waals surface area contributed by atoms with Crippen molar-refractivity contribution in [3.05, 3.63) is 0 Å². The van der Waals surface area contributed by atoms with Gasteiger partial charge in [-0.05, 0) is 0 Å². The number of rotatable bonds is 1. The maximum atomic E-state index is 12.2. The van der Waals surface area contributed by atoms with E-state index in [1.807, 2.05) is 0 Å². The summed E-state index contributed by atoms with van der Waals surface area (Å²) in [6.07, 6.45) is -5.46. The van der Waals surface area contributed by atoms with Gasteiger partial charge in [0.25, 0.3) is 5.79 Å². The van der Waals surface area contributed by atoms with Crippen LogP contribution < -0.4 is 0 Å². The average molecular weight is 181 g/mol. The molecule has 3 nitrogen and oxygen atoms in total. The van der Waals surface area contributed by atoms with Gasteiger partial charge in [-0.25, -0.2) is 0 Å². The minimum Gasteiger partial charge on any atom is -0.339 e. The van der Waals surface area contributed by atoms with E-state index in [-0.39, 0.29) is 13.2 Å². The third kappa shape index (κ3) is 1.38. The second-order valence-corrected chi connectivity index (χ2v) is 2.28. The van der Waals surface area contributed by atoms with Crippen LogP contribution in [0.25, 0.3) is 0 Å². The van der Waals surface area contributed by atoms with Crippen LogP contribution in [0.4, 0.5) is 13.2 Å². The Morgan fingerprint density at radius 3 is 2.17 bits per heavy atom. The maximum absolute atomic E-state index is 12.2. The highest BCUT2D eigenvalue weighted by Crippen LogP contribution is 2.39. The first-order chi connectivity index (χ1) is 5.52. The lowest BCUT2D eigenvalue weighted by Gasteiger charge is -2.26. The van der Waals surface area contributed by atoms with Crippen molar-refractivity contribution in [2.45, 2.75) is 18.4 Å². The lowest BCUT2D eigenvalue weighted by atomic mass is 10.2. The highest BCUT2D eigenvalue weighted by Gasteiger charge is 2.59. The second-order valence-electron chi connectivity index (χ2n) is 2.28. The SMILES string of the molecule is N#CCC1(C(F)(F)F)OCCO1. The molecule has 0 aromatic heterocycles. The van der Waals surface area contributed by atoms with Crippen molar-refractivity contribution < 1.29 is 22.6 Å². The molecular formula is C6H6F3NO2. The van der Waals surface area contributed by atoms with Gasteiger partial charge in [0.05, 0.1) is 25.7 Å². The van der Waals surface area contributed by atoms with Gasteiger partial charge in [-0.3, -0.25) is 0 Å². The number of ether oxygens (including phenoxy) is 2. The van der Waals surface area contributed by atoms with Crippen LogP contribution in [-0.4, -0.2) is 25.2 Å². The summed E-state index contributed by atoms with van der Waals surface area (Å²) < 4.78 is 45.4. The normalized spacial score (nSPS) is 22.2. The van der Waals surface area contributed by atoms with E-state index in [2.05, 4.69) is 9.47 Å². The van der Waals surface area contributed by atoms with Gasteiger partial charge in [0.15, 0.2) is 0 Å². The number of alkyl halides is 3. The summed E-state index contributed by atoms with van der Waals surface area (Å²) in [4.78, 5) is 0. The van der Waals surface area contributed by atoms with Gasteiger partial charge < -0.3 is 9.47 Å². The molecule has 0 aromatic carbocycles. The van der Waals surface area contributed by atoms with E-state index < -0.39 is 18.4 Å². The van der Waals surface area contributed by atoms with E-state index in [1.165, 1.54) is 6.07 Å². The Balaban J connectivity index is 2.80. The molecule has 0 spiro atoms. The van der Waals surface area contributed by atoms with Crippen LogP contribution in [0.15, 0.2) is 0 Å². The Labute approximate surface area is 66.7 Å². The molecule has 0 saturated carbocycles. The molecule has 6 heteroatoms. The van der Waals surface area contributed by atoms with Crippen molar-refractivity contribution in [3.63, 3.8) is 0 Å². The molecule has 0 unspecified atom stereocenters. The third-order valence-corrected chi connectivity index (χ3v) is 1.50. The lowest BCUT2D eigenvalue weighted by Crippen LogP contribution is -2.45. The molecule has 1 rings (SSSR count). The molecule has 0 amide bonds. The Morgan fingerprint density at radius 1 is 1.33 bits per heavy atom. The molecule has 1 fully saturated rings. The van der Waals surface area contributed by atoms with Gasteiger partial charge in [0, 0.05) is 0 Å². The number of nitrogens with zero attached hydrogens (tertiary/aromatic N) is 1. The largest absolute Gasteiger partial charge is 0.444 e. The predicted octanol–water partition coefficient (Wildman–Crippen LogP) is 1.21. The molecule has 0 atom stereocenters. The Kier molecular flexibility index (Phi) is 2.26. The first-order valence-corrected chi connectivity index (χ1v) is 3.23. The van der Waals surface area contributed by atoms with Crippen LogP contribution in [0.1, 0.15) is 6.42 Å². The summed E-state index contributed by atoms with van der Waals surface area (Å²) in [6, 6.07) is 1.39. The fraction of sp³-hybridized carbons (Fsp3) is 0.833. The first kappa shape index (κ1) is 9.29. The highest BCUT2D eigenvalue weighted by atomic mass is 19.4. The Hall–Kier alpha value is -0.800. The minimum atomic E-state index is -4.64. The average Bonchev–Trinajstić information content (AvgIpc) is 2.36. The zero-order valence-corrected chi connectivity index (χ0v) is 6.02. The minimum absolute atomic E-state index is 0.124. The van der Waals surface area contributed by atoms with Crippen LogP contribution in [0.5, 0.6) is 0 Å². The predicted molar refractivity (Wildman–Crippen MR) is 30.9 cm³/mol. The topological polar surface area (TPSA) is 42.2 Å². The van der Waals surface area contributed by atoms with Crippen molar-refractivity contribution in [3.8, 4) is 6.07 Å². The maximum Gasteiger partial charge on any atom is 0.444 e. The molecule has 0 radical (unpaired) electrons. The zero-order valence-electron chi connectivity index (χ0n) is 6.02. The fourth-order valence-electron chi connectivity index (χ4n) is 0.925. The van der Waals surface area contributed by atoms with Gasteiger partial charge >= 0.3 is 6.18 Å². The molecule has 0 N–H and O–H groups in total. The smallest absolute Gasteiger partial charge is 0.339 e. The quantitative estimate of drug-likeness (QED) is 0.610. The van der Waals surface area contributed by atoms with Crippen LogP contribution >= 0.6 is 0 Å². The van der Waals surface area contributed by atoms with Crippen LogP contribution in [0.3, 0.4) is 0 Å². The molecule has 68 valence electrons. The molecule has 0 bridgehead atoms. The summed E-state index contributed by atoms with van der Waals surface area (Å²) >= 11 is 0. The number of halogens is 3. The Morgan fingerprint density at radius 2 is 1.83 bits per heavy atom. The number of nitriles is 1. The van der Waals surface area contributed by atoms with E-state index in [9.17, 15) is 13.2 Å². The van der Waals surface area contributed by atoms with E-state index >= 15 is 0 Å². The van der Waals surface area contributed by atoms with Crippen LogP contribution in [0.2, 0.25) is 0 Å². The molecule has 1 aliphatic heterocycles. The monoisotopic (exact) mass is 181 g/mol. The van der Waals surface area contributed by atoms with Crippen molar-refractivity contribution in [2.24, 2.45) is 0 Å². The summed E-state index contributed by atoms with van der Waals surface area (Å²) in [5, 5.41) is 8.15. The van der Waals surface area contributed by atoms with Crippen molar-refractivity contribution in [2.75, 3.05) is 13.2 Å². The van der Waals surface area contributed by atoms with Crippen LogP contribution in [-0.2, 0) is 9.47 Å². The molecule has 1 heterocycles. The van der Waals surface area contributed by atoms with Crippen molar-refractivity contribution in [1.82, 2.24) is 0 Å². The summed E-state index contributed by atoms with van der Waals surface area (Å²) in [5.74, 6) is -2.68. The van der Waals surface area contributed by atoms with Gasteiger partial charge in [-0.15, -0.1) is 0 Å². The molecule has 0 aromatic rings. The zero-order chi connectivity index (χ0) is 9.24. The van der Waals surface area contributed by atoms with Gasteiger partial charge in [0.1, 0.15) is 0 Å². The summed E-state index contributed by atoms with van der Waals surface area (Å²) in [6.45, 7) is -0.248. The second kappa shape index (κ2) is 2.92. The first-order valence-electron chi connectivity index (χ1n) is 3.23. The fourth-order valence-corrected chi connectivity index (χ4v) is 0.925. The Bertz CT molecular complexity index is 202. The standard InChI is InChI=1S/C6H6F3NO2/c7-6(8,9)5(1-2-10)11-3-4-12-5/h1,3-4H2. The van der Waals surface area contributed by atoms with Gasteiger partial charge in [-0.2, -0.15) is 18.4 Å². The molecule has 12 heavy (non-hydrogen) atoms. The third-order valence-electron chi connectivity index (χ3n) is 1.50. The molecular weight excluding hydrogens is 175 g/mol. The number of hydrogen-bond donors (Lipinski definition) is 0. The van der Waals surface area contributed by atoms with E-state index in [4.69, 9.17) is 5.26 Å². The van der Waals surface area contributed by atoms with Gasteiger partial charge in [0.2, 0.25) is 0 Å². The van der Waals surface area contributed by atoms with Crippen LogP contribution in [0, 0.1) is 11.3 Å². The number of hydrogen-bond acceptors (Lipinski definition) is 3. The van der Waals surface area contributed by atoms with E-state index in [1.54, 1.807) is 0 Å². The lowest BCUT2D eigenvalue weighted by molar-refractivity contribution is -0.341. The molecule has 0 aliphatic carbocycles. The summed E-state index contributed by atoms with van der Waals surface area (Å²) in [5.41, 5.74) is 0. The van der Waals surface area contributed by atoms with Crippen molar-refractivity contribution >= 4 is 0 Å².